The number of methoxy groups -OCH3 is 1. The Balaban J connectivity index is 0.00000576. The van der Waals surface area contributed by atoms with Crippen molar-refractivity contribution in [1.82, 2.24) is 10.6 Å². The summed E-state index contributed by atoms with van der Waals surface area (Å²) in [6.45, 7) is 10.0. The van der Waals surface area contributed by atoms with Crippen molar-refractivity contribution >= 4 is 29.9 Å². The molecule has 0 aromatic carbocycles. The van der Waals surface area contributed by atoms with Gasteiger partial charge in [-0.1, -0.05) is 13.8 Å². The van der Waals surface area contributed by atoms with Crippen molar-refractivity contribution in [2.24, 2.45) is 10.9 Å². The fourth-order valence-corrected chi connectivity index (χ4v) is 2.33. The van der Waals surface area contributed by atoms with Gasteiger partial charge in [0, 0.05) is 39.8 Å². The van der Waals surface area contributed by atoms with Crippen LogP contribution in [0.25, 0.3) is 0 Å². The molecule has 1 unspecified atom stereocenters. The SMILES string of the molecule is CCOC(CCN=C(NCCOC)NCCc1ccco1)C(C)C.I. The molecule has 0 aliphatic heterocycles. The molecule has 1 aromatic heterocycles. The van der Waals surface area contributed by atoms with E-state index in [0.29, 0.717) is 12.5 Å². The van der Waals surface area contributed by atoms with Gasteiger partial charge in [-0.25, -0.2) is 0 Å². The van der Waals surface area contributed by atoms with Crippen LogP contribution in [-0.2, 0) is 15.9 Å². The summed E-state index contributed by atoms with van der Waals surface area (Å²) in [4.78, 5) is 4.65. The first-order valence-corrected chi connectivity index (χ1v) is 8.82. The highest BCUT2D eigenvalue weighted by Crippen LogP contribution is 2.10. The lowest BCUT2D eigenvalue weighted by atomic mass is 10.0. The van der Waals surface area contributed by atoms with Crippen LogP contribution in [0.3, 0.4) is 0 Å². The summed E-state index contributed by atoms with van der Waals surface area (Å²) in [6.07, 6.45) is 3.69. The standard InChI is InChI=1S/C18H33N3O3.HI/c1-5-23-17(15(2)3)9-11-20-18(21-12-14-22-4)19-10-8-16-7-6-13-24-16;/h6-7,13,15,17H,5,8-12,14H2,1-4H3,(H2,19,20,21);1H. The number of aliphatic imine (C=N–C) groups is 1. The van der Waals surface area contributed by atoms with E-state index in [0.717, 1.165) is 50.8 Å². The van der Waals surface area contributed by atoms with Gasteiger partial charge < -0.3 is 24.5 Å². The Kier molecular flexibility index (Phi) is 15.0. The van der Waals surface area contributed by atoms with Gasteiger partial charge in [0.05, 0.1) is 19.0 Å². The molecule has 0 spiro atoms. The molecule has 7 heteroatoms. The van der Waals surface area contributed by atoms with Crippen molar-refractivity contribution in [3.05, 3.63) is 24.2 Å². The summed E-state index contributed by atoms with van der Waals surface area (Å²) in [6, 6.07) is 3.88. The first-order chi connectivity index (χ1) is 11.7. The van der Waals surface area contributed by atoms with E-state index in [1.54, 1.807) is 13.4 Å². The van der Waals surface area contributed by atoms with Gasteiger partial charge in [0.1, 0.15) is 5.76 Å². The van der Waals surface area contributed by atoms with Crippen molar-refractivity contribution < 1.29 is 13.9 Å². The predicted molar refractivity (Wildman–Crippen MR) is 113 cm³/mol. The first kappa shape index (κ1) is 24.2. The summed E-state index contributed by atoms with van der Waals surface area (Å²) in [5.74, 6) is 2.27. The molecule has 0 fully saturated rings. The number of halogens is 1. The number of furan rings is 1. The molecule has 6 nitrogen and oxygen atoms in total. The molecule has 0 bridgehead atoms. The molecule has 0 aliphatic carbocycles. The minimum atomic E-state index is 0. The van der Waals surface area contributed by atoms with Crippen LogP contribution in [0.1, 0.15) is 33.0 Å². The van der Waals surface area contributed by atoms with Crippen LogP contribution in [0.15, 0.2) is 27.8 Å². The van der Waals surface area contributed by atoms with Crippen LogP contribution >= 0.6 is 24.0 Å². The number of nitrogens with one attached hydrogen (secondary N) is 2. The molecule has 1 aromatic rings. The molecular formula is C18H34IN3O3. The van der Waals surface area contributed by atoms with Gasteiger partial charge in [0.2, 0.25) is 0 Å². The van der Waals surface area contributed by atoms with Crippen molar-refractivity contribution in [3.8, 4) is 0 Å². The molecule has 1 heterocycles. The molecule has 1 atom stereocenters. The van der Waals surface area contributed by atoms with Crippen molar-refractivity contribution in [2.75, 3.05) is 40.0 Å². The lowest BCUT2D eigenvalue weighted by molar-refractivity contribution is 0.0266. The van der Waals surface area contributed by atoms with E-state index in [9.17, 15) is 0 Å². The number of rotatable bonds is 12. The fraction of sp³-hybridized carbons (Fsp3) is 0.722. The van der Waals surface area contributed by atoms with Gasteiger partial charge in [-0.2, -0.15) is 0 Å². The number of guanidine groups is 1. The van der Waals surface area contributed by atoms with E-state index in [1.165, 1.54) is 0 Å². The Labute approximate surface area is 169 Å². The van der Waals surface area contributed by atoms with Gasteiger partial charge in [0.15, 0.2) is 5.96 Å². The van der Waals surface area contributed by atoms with E-state index in [2.05, 4.69) is 29.5 Å². The van der Waals surface area contributed by atoms with Crippen LogP contribution in [0.2, 0.25) is 0 Å². The van der Waals surface area contributed by atoms with E-state index in [1.807, 2.05) is 19.1 Å². The zero-order chi connectivity index (χ0) is 17.6. The summed E-state index contributed by atoms with van der Waals surface area (Å²) >= 11 is 0. The van der Waals surface area contributed by atoms with Crippen molar-refractivity contribution in [1.29, 1.82) is 0 Å². The average Bonchev–Trinajstić information content (AvgIpc) is 3.07. The number of nitrogens with zero attached hydrogens (tertiary/aromatic N) is 1. The molecule has 25 heavy (non-hydrogen) atoms. The third-order valence-electron chi connectivity index (χ3n) is 3.65. The third kappa shape index (κ3) is 11.4. The third-order valence-corrected chi connectivity index (χ3v) is 3.65. The number of hydrogen-bond donors (Lipinski definition) is 2. The fourth-order valence-electron chi connectivity index (χ4n) is 2.33. The lowest BCUT2D eigenvalue weighted by Crippen LogP contribution is -2.40. The van der Waals surface area contributed by atoms with Crippen molar-refractivity contribution in [3.63, 3.8) is 0 Å². The molecule has 0 aliphatic rings. The van der Waals surface area contributed by atoms with E-state index in [-0.39, 0.29) is 30.1 Å². The molecule has 2 N–H and O–H groups in total. The highest BCUT2D eigenvalue weighted by Gasteiger charge is 2.12. The van der Waals surface area contributed by atoms with Crippen LogP contribution in [0, 0.1) is 5.92 Å². The highest BCUT2D eigenvalue weighted by atomic mass is 127. The smallest absolute Gasteiger partial charge is 0.191 e. The number of ether oxygens (including phenoxy) is 2. The molecule has 0 amide bonds. The largest absolute Gasteiger partial charge is 0.469 e. The zero-order valence-electron chi connectivity index (χ0n) is 15.9. The van der Waals surface area contributed by atoms with E-state index < -0.39 is 0 Å². The quantitative estimate of drug-likeness (QED) is 0.214. The molecule has 146 valence electrons. The first-order valence-electron chi connectivity index (χ1n) is 8.82. The Morgan fingerprint density at radius 1 is 1.28 bits per heavy atom. The maximum atomic E-state index is 5.77. The summed E-state index contributed by atoms with van der Waals surface area (Å²) in [5.41, 5.74) is 0. The van der Waals surface area contributed by atoms with E-state index >= 15 is 0 Å². The zero-order valence-corrected chi connectivity index (χ0v) is 18.2. The Morgan fingerprint density at radius 2 is 2.04 bits per heavy atom. The van der Waals surface area contributed by atoms with Crippen molar-refractivity contribution in [2.45, 2.75) is 39.7 Å². The molecular weight excluding hydrogens is 433 g/mol. The predicted octanol–water partition coefficient (Wildman–Crippen LogP) is 3.07. The van der Waals surface area contributed by atoms with Gasteiger partial charge in [-0.15, -0.1) is 24.0 Å². The molecule has 1 rings (SSSR count). The monoisotopic (exact) mass is 467 g/mol. The topological polar surface area (TPSA) is 68.0 Å². The Morgan fingerprint density at radius 3 is 2.64 bits per heavy atom. The summed E-state index contributed by atoms with van der Waals surface area (Å²) in [7, 11) is 1.69. The second-order valence-electron chi connectivity index (χ2n) is 5.93. The van der Waals surface area contributed by atoms with Gasteiger partial charge in [-0.05, 0) is 31.4 Å². The second kappa shape index (κ2) is 15.5. The average molecular weight is 467 g/mol. The second-order valence-corrected chi connectivity index (χ2v) is 5.93. The van der Waals surface area contributed by atoms with E-state index in [4.69, 9.17) is 13.9 Å². The van der Waals surface area contributed by atoms with Crippen LogP contribution in [0.5, 0.6) is 0 Å². The Bertz CT molecular complexity index is 439. The van der Waals surface area contributed by atoms with Gasteiger partial charge in [0.25, 0.3) is 0 Å². The molecule has 0 radical (unpaired) electrons. The molecule has 0 saturated heterocycles. The normalized spacial score (nSPS) is 12.8. The maximum Gasteiger partial charge on any atom is 0.191 e. The number of hydrogen-bond acceptors (Lipinski definition) is 4. The summed E-state index contributed by atoms with van der Waals surface area (Å²) in [5, 5.41) is 6.61. The highest BCUT2D eigenvalue weighted by molar-refractivity contribution is 14.0. The van der Waals surface area contributed by atoms with Crippen LogP contribution in [0.4, 0.5) is 0 Å². The van der Waals surface area contributed by atoms with Gasteiger partial charge in [-0.3, -0.25) is 4.99 Å². The Hall–Kier alpha value is -0.800. The van der Waals surface area contributed by atoms with Crippen LogP contribution in [-0.4, -0.2) is 52.0 Å². The minimum Gasteiger partial charge on any atom is -0.469 e. The maximum absolute atomic E-state index is 5.77. The van der Waals surface area contributed by atoms with Gasteiger partial charge >= 0.3 is 0 Å². The lowest BCUT2D eigenvalue weighted by Gasteiger charge is -2.20. The summed E-state index contributed by atoms with van der Waals surface area (Å²) < 4.78 is 16.2. The molecule has 0 saturated carbocycles. The minimum absolute atomic E-state index is 0. The van der Waals surface area contributed by atoms with Crippen LogP contribution < -0.4 is 10.6 Å².